The summed E-state index contributed by atoms with van der Waals surface area (Å²) in [6.07, 6.45) is 0. The van der Waals surface area contributed by atoms with Crippen molar-refractivity contribution in [3.05, 3.63) is 64.3 Å². The van der Waals surface area contributed by atoms with E-state index in [9.17, 15) is 0 Å². The average Bonchev–Trinajstić information content (AvgIpc) is 2.76. The maximum Gasteiger partial charge on any atom is 0.128 e. The van der Waals surface area contributed by atoms with E-state index in [4.69, 9.17) is 27.9 Å². The van der Waals surface area contributed by atoms with Crippen LogP contribution in [-0.4, -0.2) is 4.57 Å². The van der Waals surface area contributed by atoms with Gasteiger partial charge in [0.05, 0.1) is 16.2 Å². The zero-order valence-electron chi connectivity index (χ0n) is 10.9. The molecule has 0 fully saturated rings. The van der Waals surface area contributed by atoms with Crippen molar-refractivity contribution in [1.82, 2.24) is 4.57 Å². The van der Waals surface area contributed by atoms with E-state index >= 15 is 0 Å². The number of aryl methyl sites for hydroxylation is 1. The smallest absolute Gasteiger partial charge is 0.128 e. The molecule has 3 aromatic rings. The lowest BCUT2D eigenvalue weighted by Gasteiger charge is -2.08. The van der Waals surface area contributed by atoms with Crippen molar-refractivity contribution in [2.45, 2.75) is 6.61 Å². The Kier molecular flexibility index (Phi) is 3.60. The molecule has 0 aliphatic carbocycles. The molecule has 2 nitrogen and oxygen atoms in total. The molecule has 2 aromatic carbocycles. The quantitative estimate of drug-likeness (QED) is 0.659. The largest absolute Gasteiger partial charge is 0.487 e. The highest BCUT2D eigenvalue weighted by molar-refractivity contribution is 6.35. The van der Waals surface area contributed by atoms with E-state index in [2.05, 4.69) is 10.6 Å². The van der Waals surface area contributed by atoms with Gasteiger partial charge >= 0.3 is 0 Å². The minimum Gasteiger partial charge on any atom is -0.487 e. The van der Waals surface area contributed by atoms with Crippen LogP contribution in [-0.2, 0) is 13.7 Å². The summed E-state index contributed by atoms with van der Waals surface area (Å²) < 4.78 is 7.84. The summed E-state index contributed by atoms with van der Waals surface area (Å²) in [5, 5.41) is 2.58. The number of benzene rings is 2. The fourth-order valence-electron chi connectivity index (χ4n) is 2.25. The van der Waals surface area contributed by atoms with Crippen LogP contribution in [0.4, 0.5) is 0 Å². The molecule has 0 aliphatic heterocycles. The molecular weight excluding hydrogens is 293 g/mol. The molecule has 0 amide bonds. The predicted octanol–water partition coefficient (Wildman–Crippen LogP) is 5.06. The van der Waals surface area contributed by atoms with Gasteiger partial charge in [-0.1, -0.05) is 35.3 Å². The van der Waals surface area contributed by atoms with Crippen LogP contribution in [0.25, 0.3) is 10.9 Å². The molecule has 102 valence electrons. The highest BCUT2D eigenvalue weighted by Gasteiger charge is 2.09. The fourth-order valence-corrected chi connectivity index (χ4v) is 2.68. The molecule has 0 atom stereocenters. The van der Waals surface area contributed by atoms with Gasteiger partial charge in [-0.05, 0) is 36.4 Å². The van der Waals surface area contributed by atoms with Crippen molar-refractivity contribution in [1.29, 1.82) is 0 Å². The van der Waals surface area contributed by atoms with Gasteiger partial charge in [0.25, 0.3) is 0 Å². The van der Waals surface area contributed by atoms with E-state index < -0.39 is 0 Å². The molecule has 4 heteroatoms. The second-order valence-corrected chi connectivity index (χ2v) is 5.46. The van der Waals surface area contributed by atoms with E-state index in [0.717, 1.165) is 27.4 Å². The summed E-state index contributed by atoms with van der Waals surface area (Å²) in [6, 6.07) is 15.3. The van der Waals surface area contributed by atoms with E-state index in [1.807, 2.05) is 49.5 Å². The molecule has 0 spiro atoms. The van der Waals surface area contributed by atoms with Gasteiger partial charge in [0.2, 0.25) is 0 Å². The first-order valence-corrected chi connectivity index (χ1v) is 7.02. The number of hydrogen-bond donors (Lipinski definition) is 0. The maximum atomic E-state index is 6.23. The van der Waals surface area contributed by atoms with Crippen molar-refractivity contribution < 1.29 is 4.74 Å². The first-order valence-electron chi connectivity index (χ1n) is 6.26. The first-order chi connectivity index (χ1) is 9.65. The van der Waals surface area contributed by atoms with E-state index in [1.54, 1.807) is 0 Å². The third kappa shape index (κ3) is 2.49. The lowest BCUT2D eigenvalue weighted by Crippen LogP contribution is -2.01. The van der Waals surface area contributed by atoms with Gasteiger partial charge in [-0.15, -0.1) is 0 Å². The van der Waals surface area contributed by atoms with Gasteiger partial charge < -0.3 is 9.30 Å². The summed E-state index contributed by atoms with van der Waals surface area (Å²) in [4.78, 5) is 0. The van der Waals surface area contributed by atoms with Gasteiger partial charge in [0, 0.05) is 17.5 Å². The Bertz CT molecular complexity index is 747. The SMILES string of the molecule is Cn1c(COc2ccc(Cl)cc2)cc2cccc(Cl)c21. The maximum absolute atomic E-state index is 6.23. The molecule has 0 aliphatic rings. The van der Waals surface area contributed by atoms with Crippen molar-refractivity contribution in [3.63, 3.8) is 0 Å². The van der Waals surface area contributed by atoms with E-state index in [1.165, 1.54) is 0 Å². The molecule has 20 heavy (non-hydrogen) atoms. The average molecular weight is 306 g/mol. The van der Waals surface area contributed by atoms with Gasteiger partial charge in [-0.2, -0.15) is 0 Å². The number of nitrogens with zero attached hydrogens (tertiary/aromatic N) is 1. The minimum atomic E-state index is 0.489. The monoisotopic (exact) mass is 305 g/mol. The Morgan fingerprint density at radius 1 is 1.05 bits per heavy atom. The van der Waals surface area contributed by atoms with Crippen LogP contribution in [0.1, 0.15) is 5.69 Å². The second-order valence-electron chi connectivity index (χ2n) is 4.61. The van der Waals surface area contributed by atoms with Crippen LogP contribution in [0.2, 0.25) is 10.0 Å². The number of para-hydroxylation sites is 1. The van der Waals surface area contributed by atoms with Gasteiger partial charge in [-0.25, -0.2) is 0 Å². The highest BCUT2D eigenvalue weighted by atomic mass is 35.5. The molecule has 0 unspecified atom stereocenters. The fraction of sp³-hybridized carbons (Fsp3) is 0.125. The molecule has 0 radical (unpaired) electrons. The zero-order valence-corrected chi connectivity index (χ0v) is 12.4. The molecular formula is C16H13Cl2NO. The topological polar surface area (TPSA) is 14.2 Å². The number of ether oxygens (including phenoxy) is 1. The van der Waals surface area contributed by atoms with Crippen molar-refractivity contribution in [3.8, 4) is 5.75 Å². The van der Waals surface area contributed by atoms with E-state index in [-0.39, 0.29) is 0 Å². The minimum absolute atomic E-state index is 0.489. The lowest BCUT2D eigenvalue weighted by atomic mass is 10.2. The number of rotatable bonds is 3. The van der Waals surface area contributed by atoms with Gasteiger partial charge in [0.1, 0.15) is 12.4 Å². The molecule has 1 aromatic heterocycles. The molecule has 1 heterocycles. The highest BCUT2D eigenvalue weighted by Crippen LogP contribution is 2.27. The van der Waals surface area contributed by atoms with Crippen LogP contribution in [0, 0.1) is 0 Å². The number of fused-ring (bicyclic) bond motifs is 1. The first kappa shape index (κ1) is 13.3. The Morgan fingerprint density at radius 2 is 1.80 bits per heavy atom. The molecule has 0 N–H and O–H groups in total. The Hall–Kier alpha value is -1.64. The third-order valence-electron chi connectivity index (χ3n) is 3.31. The van der Waals surface area contributed by atoms with Crippen LogP contribution in [0.15, 0.2) is 48.5 Å². The second kappa shape index (κ2) is 5.39. The normalized spacial score (nSPS) is 10.9. The number of hydrogen-bond acceptors (Lipinski definition) is 1. The summed E-state index contributed by atoms with van der Waals surface area (Å²) >= 11 is 12.1. The predicted molar refractivity (Wildman–Crippen MR) is 83.7 cm³/mol. The molecule has 0 saturated carbocycles. The van der Waals surface area contributed by atoms with Crippen molar-refractivity contribution in [2.24, 2.45) is 7.05 Å². The van der Waals surface area contributed by atoms with Gasteiger partial charge in [0.15, 0.2) is 0 Å². The van der Waals surface area contributed by atoms with Crippen molar-refractivity contribution >= 4 is 34.1 Å². The summed E-state index contributed by atoms with van der Waals surface area (Å²) in [5.74, 6) is 0.797. The summed E-state index contributed by atoms with van der Waals surface area (Å²) in [5.41, 5.74) is 2.10. The van der Waals surface area contributed by atoms with Gasteiger partial charge in [-0.3, -0.25) is 0 Å². The Morgan fingerprint density at radius 3 is 2.50 bits per heavy atom. The summed E-state index contributed by atoms with van der Waals surface area (Å²) in [7, 11) is 1.99. The van der Waals surface area contributed by atoms with Crippen molar-refractivity contribution in [2.75, 3.05) is 0 Å². The number of aromatic nitrogens is 1. The Labute approximate surface area is 127 Å². The zero-order chi connectivity index (χ0) is 14.1. The van der Waals surface area contributed by atoms with Crippen LogP contribution >= 0.6 is 23.2 Å². The molecule has 0 bridgehead atoms. The standard InChI is InChI=1S/C16H13Cl2NO/c1-19-13(9-11-3-2-4-15(18)16(11)19)10-20-14-7-5-12(17)6-8-14/h2-9H,10H2,1H3. The molecule has 0 saturated heterocycles. The van der Waals surface area contributed by atoms with Crippen LogP contribution < -0.4 is 4.74 Å². The third-order valence-corrected chi connectivity index (χ3v) is 3.86. The Balaban J connectivity index is 1.86. The van der Waals surface area contributed by atoms with E-state index in [0.29, 0.717) is 11.6 Å². The summed E-state index contributed by atoms with van der Waals surface area (Å²) in [6.45, 7) is 0.489. The van der Waals surface area contributed by atoms with Crippen LogP contribution in [0.5, 0.6) is 5.75 Å². The lowest BCUT2D eigenvalue weighted by molar-refractivity contribution is 0.298. The number of halogens is 2. The van der Waals surface area contributed by atoms with Crippen LogP contribution in [0.3, 0.4) is 0 Å². The molecule has 3 rings (SSSR count).